The summed E-state index contributed by atoms with van der Waals surface area (Å²) in [6.45, 7) is 2.11. The molecule has 1 N–H and O–H groups in total. The minimum atomic E-state index is 0.0401. The molecule has 0 aliphatic carbocycles. The van der Waals surface area contributed by atoms with E-state index in [1.54, 1.807) is 0 Å². The Hall–Kier alpha value is -0.910. The minimum Gasteiger partial charge on any atom is -0.360 e. The highest BCUT2D eigenvalue weighted by Gasteiger charge is 2.19. The maximum absolute atomic E-state index is 12.7. The highest BCUT2D eigenvalue weighted by atomic mass is 79.9. The SMILES string of the molecule is CCc1cccc2c(C(=O)c3cc(Br)sc3Br)c[nH]c12. The van der Waals surface area contributed by atoms with Gasteiger partial charge in [-0.25, -0.2) is 0 Å². The highest BCUT2D eigenvalue weighted by Crippen LogP contribution is 2.34. The van der Waals surface area contributed by atoms with E-state index < -0.39 is 0 Å². The Bertz CT molecular complexity index is 803. The zero-order valence-electron chi connectivity index (χ0n) is 10.7. The van der Waals surface area contributed by atoms with Gasteiger partial charge in [-0.05, 0) is 49.9 Å². The monoisotopic (exact) mass is 411 g/mol. The molecule has 2 nitrogen and oxygen atoms in total. The number of hydrogen-bond acceptors (Lipinski definition) is 2. The lowest BCUT2D eigenvalue weighted by molar-refractivity contribution is 0.104. The fourth-order valence-corrected chi connectivity index (χ4v) is 5.13. The molecular formula is C15H11Br2NOS. The molecule has 0 saturated carbocycles. The summed E-state index contributed by atoms with van der Waals surface area (Å²) in [5, 5.41) is 0.989. The number of ketones is 1. The van der Waals surface area contributed by atoms with E-state index in [4.69, 9.17) is 0 Å². The Balaban J connectivity index is 2.15. The van der Waals surface area contributed by atoms with Gasteiger partial charge in [-0.2, -0.15) is 0 Å². The second-order valence-electron chi connectivity index (χ2n) is 4.46. The number of thiophene rings is 1. The molecule has 102 valence electrons. The van der Waals surface area contributed by atoms with Crippen LogP contribution in [0.3, 0.4) is 0 Å². The third kappa shape index (κ3) is 2.28. The normalized spacial score (nSPS) is 11.2. The number of benzene rings is 1. The first-order valence-electron chi connectivity index (χ1n) is 6.20. The van der Waals surface area contributed by atoms with Gasteiger partial charge in [0.25, 0.3) is 0 Å². The smallest absolute Gasteiger partial charge is 0.197 e. The summed E-state index contributed by atoms with van der Waals surface area (Å²) in [5.41, 5.74) is 3.71. The van der Waals surface area contributed by atoms with Gasteiger partial charge in [-0.1, -0.05) is 25.1 Å². The molecule has 0 aliphatic heterocycles. The molecule has 5 heteroatoms. The van der Waals surface area contributed by atoms with Gasteiger partial charge >= 0.3 is 0 Å². The molecule has 2 aromatic heterocycles. The Labute approximate surface area is 137 Å². The van der Waals surface area contributed by atoms with Gasteiger partial charge in [0.15, 0.2) is 5.78 Å². The van der Waals surface area contributed by atoms with Crippen LogP contribution in [0.4, 0.5) is 0 Å². The molecule has 3 aromatic rings. The first kappa shape index (κ1) is 14.0. The number of rotatable bonds is 3. The van der Waals surface area contributed by atoms with Gasteiger partial charge in [0.2, 0.25) is 0 Å². The third-order valence-electron chi connectivity index (χ3n) is 3.33. The predicted octanol–water partition coefficient (Wildman–Crippen LogP) is 5.55. The quantitative estimate of drug-likeness (QED) is 0.562. The van der Waals surface area contributed by atoms with Crippen molar-refractivity contribution in [3.63, 3.8) is 0 Å². The van der Waals surface area contributed by atoms with Crippen molar-refractivity contribution in [3.8, 4) is 0 Å². The van der Waals surface area contributed by atoms with Crippen molar-refractivity contribution < 1.29 is 4.79 Å². The minimum absolute atomic E-state index is 0.0401. The summed E-state index contributed by atoms with van der Waals surface area (Å²) in [4.78, 5) is 15.9. The zero-order chi connectivity index (χ0) is 14.3. The number of hydrogen-bond donors (Lipinski definition) is 1. The van der Waals surface area contributed by atoms with Crippen molar-refractivity contribution in [2.75, 3.05) is 0 Å². The van der Waals surface area contributed by atoms with Crippen molar-refractivity contribution in [1.82, 2.24) is 4.98 Å². The molecule has 1 aromatic carbocycles. The molecule has 0 saturated heterocycles. The largest absolute Gasteiger partial charge is 0.360 e. The second kappa shape index (κ2) is 5.47. The summed E-state index contributed by atoms with van der Waals surface area (Å²) in [7, 11) is 0. The van der Waals surface area contributed by atoms with Gasteiger partial charge in [0.1, 0.15) is 0 Å². The lowest BCUT2D eigenvalue weighted by atomic mass is 10.0. The molecule has 0 aliphatic rings. The van der Waals surface area contributed by atoms with Crippen LogP contribution in [0, 0.1) is 0 Å². The molecule has 20 heavy (non-hydrogen) atoms. The van der Waals surface area contributed by atoms with Gasteiger partial charge in [-0.15, -0.1) is 11.3 Å². The van der Waals surface area contributed by atoms with Gasteiger partial charge < -0.3 is 4.98 Å². The van der Waals surface area contributed by atoms with Crippen LogP contribution in [-0.4, -0.2) is 10.8 Å². The van der Waals surface area contributed by atoms with Crippen LogP contribution < -0.4 is 0 Å². The number of carbonyl (C=O) groups is 1. The third-order valence-corrected chi connectivity index (χ3v) is 5.67. The van der Waals surface area contributed by atoms with Crippen LogP contribution in [0.5, 0.6) is 0 Å². The number of aromatic nitrogens is 1. The average Bonchev–Trinajstić information content (AvgIpc) is 3.00. The van der Waals surface area contributed by atoms with E-state index in [1.807, 2.05) is 24.4 Å². The number of carbonyl (C=O) groups excluding carboxylic acids is 1. The van der Waals surface area contributed by atoms with E-state index in [0.717, 1.165) is 30.5 Å². The Morgan fingerprint density at radius 3 is 2.75 bits per heavy atom. The van der Waals surface area contributed by atoms with E-state index in [9.17, 15) is 4.79 Å². The molecule has 3 rings (SSSR count). The summed E-state index contributed by atoms with van der Waals surface area (Å²) >= 11 is 8.38. The van der Waals surface area contributed by atoms with Crippen LogP contribution in [-0.2, 0) is 6.42 Å². The number of aromatic amines is 1. The van der Waals surface area contributed by atoms with Crippen molar-refractivity contribution in [2.24, 2.45) is 0 Å². The maximum Gasteiger partial charge on any atom is 0.197 e. The van der Waals surface area contributed by atoms with E-state index in [-0.39, 0.29) is 5.78 Å². The van der Waals surface area contributed by atoms with Crippen molar-refractivity contribution >= 4 is 59.9 Å². The molecule has 0 fully saturated rings. The molecule has 0 radical (unpaired) electrons. The number of H-pyrrole nitrogens is 1. The summed E-state index contributed by atoms with van der Waals surface area (Å²) in [6.07, 6.45) is 2.75. The molecule has 0 spiro atoms. The van der Waals surface area contributed by atoms with Gasteiger partial charge in [0.05, 0.1) is 7.57 Å². The first-order valence-corrected chi connectivity index (χ1v) is 8.60. The summed E-state index contributed by atoms with van der Waals surface area (Å²) in [5.74, 6) is 0.0401. The number of nitrogens with one attached hydrogen (secondary N) is 1. The fourth-order valence-electron chi connectivity index (χ4n) is 2.34. The summed E-state index contributed by atoms with van der Waals surface area (Å²) in [6, 6.07) is 7.95. The second-order valence-corrected chi connectivity index (χ2v) is 8.21. The lowest BCUT2D eigenvalue weighted by Crippen LogP contribution is -1.99. The average molecular weight is 413 g/mol. The fraction of sp³-hybridized carbons (Fsp3) is 0.133. The van der Waals surface area contributed by atoms with E-state index in [2.05, 4.69) is 49.8 Å². The van der Waals surface area contributed by atoms with Crippen molar-refractivity contribution in [3.05, 3.63) is 54.7 Å². The van der Waals surface area contributed by atoms with Crippen LogP contribution in [0.15, 0.2) is 38.0 Å². The lowest BCUT2D eigenvalue weighted by Gasteiger charge is -2.01. The Morgan fingerprint density at radius 2 is 2.10 bits per heavy atom. The van der Waals surface area contributed by atoms with E-state index in [1.165, 1.54) is 16.9 Å². The molecule has 0 atom stereocenters. The van der Waals surface area contributed by atoms with Crippen molar-refractivity contribution in [1.29, 1.82) is 0 Å². The number of halogens is 2. The molecule has 0 bridgehead atoms. The van der Waals surface area contributed by atoms with Crippen LogP contribution in [0.2, 0.25) is 0 Å². The zero-order valence-corrected chi connectivity index (χ0v) is 14.7. The molecule has 0 amide bonds. The molecular weight excluding hydrogens is 402 g/mol. The predicted molar refractivity (Wildman–Crippen MR) is 90.8 cm³/mol. The van der Waals surface area contributed by atoms with Gasteiger partial charge in [0, 0.05) is 28.2 Å². The molecule has 0 unspecified atom stereocenters. The topological polar surface area (TPSA) is 32.9 Å². The van der Waals surface area contributed by atoms with Crippen LogP contribution in [0.25, 0.3) is 10.9 Å². The van der Waals surface area contributed by atoms with Crippen molar-refractivity contribution in [2.45, 2.75) is 13.3 Å². The summed E-state index contributed by atoms with van der Waals surface area (Å²) < 4.78 is 1.80. The number of aryl methyl sites for hydroxylation is 1. The molecule has 2 heterocycles. The van der Waals surface area contributed by atoms with Crippen LogP contribution >= 0.6 is 43.2 Å². The van der Waals surface area contributed by atoms with Gasteiger partial charge in [-0.3, -0.25) is 4.79 Å². The standard InChI is InChI=1S/C15H11Br2NOS/c1-2-8-4-3-5-9-11(7-18-13(8)9)14(19)10-6-12(16)20-15(10)17/h3-7,18H,2H2,1H3. The van der Waals surface area contributed by atoms with E-state index in [0.29, 0.717) is 5.56 Å². The van der Waals surface area contributed by atoms with E-state index >= 15 is 0 Å². The maximum atomic E-state index is 12.7. The van der Waals surface area contributed by atoms with Crippen LogP contribution in [0.1, 0.15) is 28.4 Å². The Morgan fingerprint density at radius 1 is 1.30 bits per heavy atom. The number of para-hydroxylation sites is 1. The Kier molecular flexibility index (Phi) is 3.84. The first-order chi connectivity index (χ1) is 9.61. The number of fused-ring (bicyclic) bond motifs is 1. The highest BCUT2D eigenvalue weighted by molar-refractivity contribution is 9.12.